The van der Waals surface area contributed by atoms with Crippen LogP contribution in [0.5, 0.6) is 0 Å². The van der Waals surface area contributed by atoms with Crippen LogP contribution in [0.15, 0.2) is 70.4 Å². The van der Waals surface area contributed by atoms with Gasteiger partial charge in [0.25, 0.3) is 5.56 Å². The predicted octanol–water partition coefficient (Wildman–Crippen LogP) is 4.39. The van der Waals surface area contributed by atoms with Crippen LogP contribution in [0, 0.1) is 6.92 Å². The molecular formula is C24H19Cl2N3O5S. The molecule has 4 rings (SSSR count). The third-order valence-electron chi connectivity index (χ3n) is 5.57. The summed E-state index contributed by atoms with van der Waals surface area (Å²) in [6, 6.07) is 15.9. The molecule has 1 aromatic heterocycles. The number of aromatic nitrogens is 3. The van der Waals surface area contributed by atoms with E-state index in [0.717, 1.165) is 15.8 Å². The number of carbonyl (C=O) groups is 1. The van der Waals surface area contributed by atoms with Crippen molar-refractivity contribution in [2.24, 2.45) is 0 Å². The lowest BCUT2D eigenvalue weighted by Crippen LogP contribution is -2.34. The lowest BCUT2D eigenvalue weighted by atomic mass is 10.1. The van der Waals surface area contributed by atoms with Crippen LogP contribution in [0.3, 0.4) is 0 Å². The van der Waals surface area contributed by atoms with E-state index in [4.69, 9.17) is 23.2 Å². The molecule has 4 aromatic rings. The van der Waals surface area contributed by atoms with Crippen molar-refractivity contribution >= 4 is 49.9 Å². The number of hydrogen-bond donors (Lipinski definition) is 1. The Morgan fingerprint density at radius 3 is 2.34 bits per heavy atom. The van der Waals surface area contributed by atoms with E-state index < -0.39 is 26.6 Å². The number of halogens is 2. The maximum Gasteiger partial charge on any atom is 0.322 e. The molecule has 0 radical (unpaired) electrons. The summed E-state index contributed by atoms with van der Waals surface area (Å²) in [7, 11) is -4.26. The predicted molar refractivity (Wildman–Crippen MR) is 134 cm³/mol. The van der Waals surface area contributed by atoms with Crippen LogP contribution in [-0.2, 0) is 21.2 Å². The normalized spacial score (nSPS) is 12.5. The van der Waals surface area contributed by atoms with Crippen molar-refractivity contribution in [1.29, 1.82) is 0 Å². The molecule has 180 valence electrons. The molecule has 11 heteroatoms. The van der Waals surface area contributed by atoms with Gasteiger partial charge in [0.05, 0.1) is 20.3 Å². The van der Waals surface area contributed by atoms with Crippen molar-refractivity contribution in [2.45, 2.75) is 30.0 Å². The third kappa shape index (κ3) is 5.07. The fourth-order valence-electron chi connectivity index (χ4n) is 3.66. The highest BCUT2D eigenvalue weighted by atomic mass is 35.5. The SMILES string of the molecule is Cc1ccc2nnn(CCC(C(=O)O)S(=O)(=O)c3ccc(-c4ccc(Cl)c(Cl)c4)cc3)c(=O)c2c1. The van der Waals surface area contributed by atoms with Gasteiger partial charge in [0.15, 0.2) is 15.1 Å². The Kier molecular flexibility index (Phi) is 6.93. The summed E-state index contributed by atoms with van der Waals surface area (Å²) in [4.78, 5) is 24.5. The number of aryl methyl sites for hydroxylation is 2. The number of sulfone groups is 1. The smallest absolute Gasteiger partial charge is 0.322 e. The first-order valence-corrected chi connectivity index (χ1v) is 12.7. The molecule has 0 aliphatic carbocycles. The van der Waals surface area contributed by atoms with Crippen molar-refractivity contribution in [3.8, 4) is 11.1 Å². The van der Waals surface area contributed by atoms with Crippen LogP contribution in [0.2, 0.25) is 10.0 Å². The number of rotatable bonds is 7. The second-order valence-electron chi connectivity index (χ2n) is 7.95. The highest BCUT2D eigenvalue weighted by molar-refractivity contribution is 7.92. The highest BCUT2D eigenvalue weighted by Gasteiger charge is 2.34. The van der Waals surface area contributed by atoms with Crippen LogP contribution in [0.1, 0.15) is 12.0 Å². The van der Waals surface area contributed by atoms with Crippen molar-refractivity contribution in [2.75, 3.05) is 0 Å². The largest absolute Gasteiger partial charge is 0.480 e. The number of benzene rings is 3. The summed E-state index contributed by atoms with van der Waals surface area (Å²) < 4.78 is 27.3. The van der Waals surface area contributed by atoms with Gasteiger partial charge in [-0.2, -0.15) is 0 Å². The number of carboxylic acid groups (broad SMARTS) is 1. The van der Waals surface area contributed by atoms with Gasteiger partial charge in [-0.3, -0.25) is 9.59 Å². The summed E-state index contributed by atoms with van der Waals surface area (Å²) in [6.45, 7) is 1.59. The van der Waals surface area contributed by atoms with Gasteiger partial charge in [-0.25, -0.2) is 13.1 Å². The molecule has 1 N–H and O–H groups in total. The van der Waals surface area contributed by atoms with Gasteiger partial charge in [-0.15, -0.1) is 5.10 Å². The molecule has 0 saturated heterocycles. The van der Waals surface area contributed by atoms with E-state index in [1.807, 2.05) is 6.92 Å². The first-order valence-electron chi connectivity index (χ1n) is 10.4. The summed E-state index contributed by atoms with van der Waals surface area (Å²) in [5.41, 5.74) is 2.20. The Balaban J connectivity index is 1.59. The minimum Gasteiger partial charge on any atom is -0.480 e. The van der Waals surface area contributed by atoms with Gasteiger partial charge < -0.3 is 5.11 Å². The molecule has 0 amide bonds. The highest BCUT2D eigenvalue weighted by Crippen LogP contribution is 2.30. The molecule has 8 nitrogen and oxygen atoms in total. The summed E-state index contributed by atoms with van der Waals surface area (Å²) in [5, 5.41) is 16.8. The summed E-state index contributed by atoms with van der Waals surface area (Å²) in [6.07, 6.45) is -0.363. The zero-order valence-corrected chi connectivity index (χ0v) is 20.7. The second kappa shape index (κ2) is 9.77. The van der Waals surface area contributed by atoms with E-state index >= 15 is 0 Å². The van der Waals surface area contributed by atoms with E-state index in [0.29, 0.717) is 26.5 Å². The van der Waals surface area contributed by atoms with E-state index in [9.17, 15) is 23.1 Å². The Labute approximate surface area is 210 Å². The first-order chi connectivity index (χ1) is 16.6. The Morgan fingerprint density at radius 1 is 1.00 bits per heavy atom. The zero-order valence-electron chi connectivity index (χ0n) is 18.4. The summed E-state index contributed by atoms with van der Waals surface area (Å²) in [5.74, 6) is -1.52. The molecule has 0 aliphatic heterocycles. The van der Waals surface area contributed by atoms with Gasteiger partial charge in [0.2, 0.25) is 0 Å². The number of carboxylic acids is 1. The molecule has 1 heterocycles. The van der Waals surface area contributed by atoms with Gasteiger partial charge in [-0.1, -0.05) is 58.2 Å². The Morgan fingerprint density at radius 2 is 1.69 bits per heavy atom. The summed E-state index contributed by atoms with van der Waals surface area (Å²) >= 11 is 12.0. The standard InChI is InChI=1S/C24H19Cl2N3O5S/c1-14-2-9-21-18(12-14)23(30)29(28-27-21)11-10-22(24(31)32)35(33,34)17-6-3-15(4-7-17)16-5-8-19(25)20(26)13-16/h2-9,12-13,22H,10-11H2,1H3,(H,31,32). The van der Waals surface area contributed by atoms with Crippen molar-refractivity contribution in [3.05, 3.63) is 86.6 Å². The van der Waals surface area contributed by atoms with Gasteiger partial charge in [0, 0.05) is 6.54 Å². The molecule has 0 fully saturated rings. The monoisotopic (exact) mass is 531 g/mol. The van der Waals surface area contributed by atoms with Crippen molar-refractivity contribution in [3.63, 3.8) is 0 Å². The average molecular weight is 532 g/mol. The Hall–Kier alpha value is -3.27. The van der Waals surface area contributed by atoms with Crippen LogP contribution >= 0.6 is 23.2 Å². The van der Waals surface area contributed by atoms with Gasteiger partial charge in [-0.05, 0) is 60.9 Å². The molecule has 3 aromatic carbocycles. The molecule has 0 bridgehead atoms. The van der Waals surface area contributed by atoms with Crippen LogP contribution in [0.4, 0.5) is 0 Å². The molecule has 0 saturated carbocycles. The quantitative estimate of drug-likeness (QED) is 0.375. The minimum absolute atomic E-state index is 0.152. The number of hydrogen-bond acceptors (Lipinski definition) is 6. The molecular weight excluding hydrogens is 513 g/mol. The van der Waals surface area contributed by atoms with E-state index in [-0.39, 0.29) is 17.9 Å². The van der Waals surface area contributed by atoms with Gasteiger partial charge in [0.1, 0.15) is 5.52 Å². The number of nitrogens with zero attached hydrogens (tertiary/aromatic N) is 3. The molecule has 1 atom stereocenters. The maximum atomic E-state index is 13.1. The maximum absolute atomic E-state index is 13.1. The van der Waals surface area contributed by atoms with Crippen molar-refractivity contribution in [1.82, 2.24) is 15.0 Å². The average Bonchev–Trinajstić information content (AvgIpc) is 2.82. The van der Waals surface area contributed by atoms with E-state index in [1.165, 1.54) is 12.1 Å². The number of aliphatic carboxylic acids is 1. The van der Waals surface area contributed by atoms with Crippen LogP contribution < -0.4 is 5.56 Å². The molecule has 1 unspecified atom stereocenters. The van der Waals surface area contributed by atoms with Crippen LogP contribution in [-0.4, -0.2) is 39.7 Å². The topological polar surface area (TPSA) is 119 Å². The molecule has 0 spiro atoms. The molecule has 35 heavy (non-hydrogen) atoms. The third-order valence-corrected chi connectivity index (χ3v) is 8.42. The second-order valence-corrected chi connectivity index (χ2v) is 10.9. The Bertz CT molecular complexity index is 1600. The zero-order chi connectivity index (χ0) is 25.3. The molecule has 0 aliphatic rings. The van der Waals surface area contributed by atoms with Crippen LogP contribution in [0.25, 0.3) is 22.0 Å². The fraction of sp³-hybridized carbons (Fsp3) is 0.167. The first kappa shape index (κ1) is 24.8. The fourth-order valence-corrected chi connectivity index (χ4v) is 5.49. The van der Waals surface area contributed by atoms with Gasteiger partial charge >= 0.3 is 5.97 Å². The number of fused-ring (bicyclic) bond motifs is 1. The lowest BCUT2D eigenvalue weighted by molar-refractivity contribution is -0.136. The van der Waals surface area contributed by atoms with Crippen molar-refractivity contribution < 1.29 is 18.3 Å². The lowest BCUT2D eigenvalue weighted by Gasteiger charge is -2.14. The minimum atomic E-state index is -4.26. The van der Waals surface area contributed by atoms with E-state index in [1.54, 1.807) is 48.5 Å². The van der Waals surface area contributed by atoms with E-state index in [2.05, 4.69) is 10.3 Å².